The van der Waals surface area contributed by atoms with E-state index < -0.39 is 79.1 Å². The number of aliphatic hydroxyl groups is 1. The van der Waals surface area contributed by atoms with E-state index >= 15 is 0 Å². The standard InChI is InChI=1S/C17H26N8O8/c18-8(2-12(19)27)14(29)25-11(5-26)16(31)23-9(1-7-4-21-6-22-7)15(30)24-10(17(32)33)3-13(20)28/h4,6,8-11,26H,1-3,5,18H2,(H2,19,27)(H2,20,28)(H,21,22)(H,23,31)(H,24,30)(H,25,29)(H,32,33). The molecule has 5 amide bonds. The summed E-state index contributed by atoms with van der Waals surface area (Å²) in [5, 5.41) is 25.1. The first-order valence-corrected chi connectivity index (χ1v) is 9.48. The van der Waals surface area contributed by atoms with Gasteiger partial charge in [0.1, 0.15) is 18.1 Å². The van der Waals surface area contributed by atoms with Crippen LogP contribution < -0.4 is 33.2 Å². The van der Waals surface area contributed by atoms with Crippen molar-refractivity contribution < 1.29 is 39.0 Å². The third-order valence-electron chi connectivity index (χ3n) is 4.21. The summed E-state index contributed by atoms with van der Waals surface area (Å²) in [7, 11) is 0. The van der Waals surface area contributed by atoms with Crippen molar-refractivity contribution in [1.29, 1.82) is 0 Å². The van der Waals surface area contributed by atoms with Crippen molar-refractivity contribution in [1.82, 2.24) is 25.9 Å². The molecular weight excluding hydrogens is 444 g/mol. The molecule has 1 rings (SSSR count). The van der Waals surface area contributed by atoms with Gasteiger partial charge in [-0.3, -0.25) is 24.0 Å². The summed E-state index contributed by atoms with van der Waals surface area (Å²) in [4.78, 5) is 77.0. The first-order chi connectivity index (χ1) is 15.4. The molecule has 1 heterocycles. The fraction of sp³-hybridized carbons (Fsp3) is 0.471. The number of amides is 5. The Kier molecular flexibility index (Phi) is 10.4. The van der Waals surface area contributed by atoms with Crippen molar-refractivity contribution in [3.8, 4) is 0 Å². The molecule has 0 aromatic carbocycles. The van der Waals surface area contributed by atoms with Crippen molar-refractivity contribution in [3.05, 3.63) is 18.2 Å². The van der Waals surface area contributed by atoms with E-state index in [9.17, 15) is 39.0 Å². The highest BCUT2D eigenvalue weighted by Gasteiger charge is 2.31. The molecule has 0 radical (unpaired) electrons. The number of hydrogen-bond acceptors (Lipinski definition) is 9. The summed E-state index contributed by atoms with van der Waals surface area (Å²) in [6.07, 6.45) is 1.26. The van der Waals surface area contributed by atoms with Crippen LogP contribution in [0.1, 0.15) is 18.5 Å². The van der Waals surface area contributed by atoms with Gasteiger partial charge in [-0.15, -0.1) is 0 Å². The van der Waals surface area contributed by atoms with Gasteiger partial charge in [-0.2, -0.15) is 0 Å². The number of carboxylic acids is 1. The summed E-state index contributed by atoms with van der Waals surface area (Å²) in [6, 6.07) is -6.00. The molecule has 16 heteroatoms. The van der Waals surface area contributed by atoms with E-state index in [4.69, 9.17) is 17.2 Å². The number of carboxylic acid groups (broad SMARTS) is 1. The molecule has 0 fully saturated rings. The van der Waals surface area contributed by atoms with Crippen LogP contribution in [0.3, 0.4) is 0 Å². The number of hydrogen-bond donors (Lipinski definition) is 9. The van der Waals surface area contributed by atoms with Gasteiger partial charge in [0.2, 0.25) is 29.5 Å². The zero-order valence-electron chi connectivity index (χ0n) is 17.3. The zero-order chi connectivity index (χ0) is 25.1. The van der Waals surface area contributed by atoms with E-state index in [-0.39, 0.29) is 6.42 Å². The minimum atomic E-state index is -1.66. The summed E-state index contributed by atoms with van der Waals surface area (Å²) in [6.45, 7) is -0.890. The lowest BCUT2D eigenvalue weighted by Crippen LogP contribution is -2.59. The number of carbonyl (C=O) groups excluding carboxylic acids is 5. The fourth-order valence-corrected chi connectivity index (χ4v) is 2.55. The van der Waals surface area contributed by atoms with Crippen molar-refractivity contribution >= 4 is 35.5 Å². The molecule has 4 atom stereocenters. The van der Waals surface area contributed by atoms with Crippen molar-refractivity contribution in [2.45, 2.75) is 43.4 Å². The first kappa shape index (κ1) is 27.0. The molecule has 0 bridgehead atoms. The van der Waals surface area contributed by atoms with Gasteiger partial charge in [0.15, 0.2) is 0 Å². The van der Waals surface area contributed by atoms with E-state index in [1.807, 2.05) is 0 Å². The van der Waals surface area contributed by atoms with Gasteiger partial charge < -0.3 is 48.3 Å². The average Bonchev–Trinajstić information content (AvgIpc) is 3.22. The van der Waals surface area contributed by atoms with Crippen molar-refractivity contribution in [3.63, 3.8) is 0 Å². The van der Waals surface area contributed by atoms with E-state index in [1.165, 1.54) is 12.5 Å². The highest BCUT2D eigenvalue weighted by Crippen LogP contribution is 2.02. The Labute approximate surface area is 186 Å². The van der Waals surface area contributed by atoms with Gasteiger partial charge >= 0.3 is 5.97 Å². The molecule has 4 unspecified atom stereocenters. The predicted octanol–water partition coefficient (Wildman–Crippen LogP) is -5.44. The van der Waals surface area contributed by atoms with Gasteiger partial charge in [-0.25, -0.2) is 9.78 Å². The Hall–Kier alpha value is -4.05. The molecule has 12 N–H and O–H groups in total. The van der Waals surface area contributed by atoms with Gasteiger partial charge in [0.25, 0.3) is 0 Å². The monoisotopic (exact) mass is 470 g/mol. The molecule has 182 valence electrons. The maximum atomic E-state index is 12.7. The van der Waals surface area contributed by atoms with Crippen LogP contribution in [-0.4, -0.2) is 86.5 Å². The van der Waals surface area contributed by atoms with Crippen LogP contribution >= 0.6 is 0 Å². The quantitative estimate of drug-likeness (QED) is 0.124. The molecule has 0 aliphatic carbocycles. The van der Waals surface area contributed by atoms with Crippen molar-refractivity contribution in [2.24, 2.45) is 17.2 Å². The molecule has 16 nitrogen and oxygen atoms in total. The van der Waals surface area contributed by atoms with Crippen LogP contribution in [0.2, 0.25) is 0 Å². The number of rotatable bonds is 14. The molecule has 33 heavy (non-hydrogen) atoms. The summed E-state index contributed by atoms with van der Waals surface area (Å²) >= 11 is 0. The second-order valence-electron chi connectivity index (χ2n) is 6.93. The number of nitrogens with two attached hydrogens (primary N) is 3. The highest BCUT2D eigenvalue weighted by molar-refractivity contribution is 5.95. The molecule has 0 spiro atoms. The minimum absolute atomic E-state index is 0.187. The summed E-state index contributed by atoms with van der Waals surface area (Å²) < 4.78 is 0. The number of aromatic nitrogens is 2. The lowest BCUT2D eigenvalue weighted by atomic mass is 10.1. The van der Waals surface area contributed by atoms with E-state index in [0.29, 0.717) is 5.69 Å². The number of aliphatic hydroxyl groups excluding tert-OH is 1. The number of aliphatic carboxylic acids is 1. The van der Waals surface area contributed by atoms with Gasteiger partial charge in [-0.05, 0) is 0 Å². The molecule has 0 saturated heterocycles. The number of nitrogens with zero attached hydrogens (tertiary/aromatic N) is 1. The van der Waals surface area contributed by atoms with E-state index in [0.717, 1.165) is 0 Å². The number of imidazole rings is 1. The van der Waals surface area contributed by atoms with Crippen LogP contribution in [0.25, 0.3) is 0 Å². The predicted molar refractivity (Wildman–Crippen MR) is 108 cm³/mol. The Morgan fingerprint density at radius 2 is 1.45 bits per heavy atom. The third-order valence-corrected chi connectivity index (χ3v) is 4.21. The molecule has 0 saturated carbocycles. The molecule has 0 aliphatic heterocycles. The average molecular weight is 470 g/mol. The second-order valence-corrected chi connectivity index (χ2v) is 6.93. The number of H-pyrrole nitrogens is 1. The van der Waals surface area contributed by atoms with Crippen LogP contribution in [0, 0.1) is 0 Å². The van der Waals surface area contributed by atoms with E-state index in [2.05, 4.69) is 25.9 Å². The Morgan fingerprint density at radius 1 is 0.909 bits per heavy atom. The molecule has 1 aromatic heterocycles. The zero-order valence-corrected chi connectivity index (χ0v) is 17.3. The number of primary amides is 2. The molecular formula is C17H26N8O8. The van der Waals surface area contributed by atoms with Crippen LogP contribution in [0.15, 0.2) is 12.5 Å². The largest absolute Gasteiger partial charge is 0.480 e. The number of carbonyl (C=O) groups is 6. The van der Waals surface area contributed by atoms with Crippen LogP contribution in [0.5, 0.6) is 0 Å². The minimum Gasteiger partial charge on any atom is -0.480 e. The maximum Gasteiger partial charge on any atom is 0.326 e. The SMILES string of the molecule is NC(=O)CC(N)C(=O)NC(CO)C(=O)NC(Cc1cnc[nH]1)C(=O)NC(CC(N)=O)C(=O)O. The normalized spacial score (nSPS) is 14.2. The lowest BCUT2D eigenvalue weighted by Gasteiger charge is -2.24. The summed E-state index contributed by atoms with van der Waals surface area (Å²) in [5.41, 5.74) is 15.8. The number of aromatic amines is 1. The van der Waals surface area contributed by atoms with Crippen LogP contribution in [-0.2, 0) is 35.2 Å². The fourth-order valence-electron chi connectivity index (χ4n) is 2.55. The second kappa shape index (κ2) is 12.7. The lowest BCUT2D eigenvalue weighted by molar-refractivity contribution is -0.143. The number of nitrogens with one attached hydrogen (secondary N) is 4. The maximum absolute atomic E-state index is 12.7. The summed E-state index contributed by atoms with van der Waals surface area (Å²) in [5.74, 6) is -6.32. The third kappa shape index (κ3) is 9.32. The smallest absolute Gasteiger partial charge is 0.326 e. The first-order valence-electron chi connectivity index (χ1n) is 9.48. The molecule has 1 aromatic rings. The molecule has 0 aliphatic rings. The Balaban J connectivity index is 2.96. The van der Waals surface area contributed by atoms with Crippen molar-refractivity contribution in [2.75, 3.05) is 6.61 Å². The Bertz CT molecular complexity index is 874. The highest BCUT2D eigenvalue weighted by atomic mass is 16.4. The Morgan fingerprint density at radius 3 is 1.94 bits per heavy atom. The van der Waals surface area contributed by atoms with E-state index in [1.54, 1.807) is 0 Å². The van der Waals surface area contributed by atoms with Crippen LogP contribution in [0.4, 0.5) is 0 Å². The van der Waals surface area contributed by atoms with Gasteiger partial charge in [0, 0.05) is 18.3 Å². The van der Waals surface area contributed by atoms with Gasteiger partial charge in [0.05, 0.1) is 31.8 Å². The van der Waals surface area contributed by atoms with Gasteiger partial charge in [-0.1, -0.05) is 0 Å². The topological polar surface area (TPSA) is 286 Å².